The van der Waals surface area contributed by atoms with E-state index in [1.54, 1.807) is 12.2 Å². The van der Waals surface area contributed by atoms with Gasteiger partial charge in [-0.25, -0.2) is 4.39 Å². The SMILES string of the molecule is O=C([O-])[C@@H]1CC=CC[C@H]1C(=O)Nc1ccc(F)c(Cl)c1. The third kappa shape index (κ3) is 3.17. The van der Waals surface area contributed by atoms with Gasteiger partial charge in [0, 0.05) is 17.6 Å². The van der Waals surface area contributed by atoms with Crippen molar-refractivity contribution in [1.29, 1.82) is 0 Å². The summed E-state index contributed by atoms with van der Waals surface area (Å²) in [5, 5.41) is 13.5. The lowest BCUT2D eigenvalue weighted by molar-refractivity contribution is -0.313. The molecule has 0 bridgehead atoms. The first-order valence-electron chi connectivity index (χ1n) is 6.11. The molecule has 20 heavy (non-hydrogen) atoms. The molecule has 1 N–H and O–H groups in total. The molecular formula is C14H12ClFNO3-. The van der Waals surface area contributed by atoms with Crippen molar-refractivity contribution in [3.63, 3.8) is 0 Å². The van der Waals surface area contributed by atoms with Gasteiger partial charge in [-0.1, -0.05) is 23.8 Å². The van der Waals surface area contributed by atoms with Crippen molar-refractivity contribution in [2.75, 3.05) is 5.32 Å². The van der Waals surface area contributed by atoms with Crippen LogP contribution >= 0.6 is 11.6 Å². The molecule has 106 valence electrons. The Labute approximate surface area is 120 Å². The number of hydrogen-bond donors (Lipinski definition) is 1. The number of anilines is 1. The number of aliphatic carboxylic acids is 1. The van der Waals surface area contributed by atoms with Crippen LogP contribution in [0, 0.1) is 17.7 Å². The Morgan fingerprint density at radius 3 is 2.50 bits per heavy atom. The van der Waals surface area contributed by atoms with Gasteiger partial charge in [-0.2, -0.15) is 0 Å². The standard InChI is InChI=1S/C14H13ClFNO3/c15-11-7-8(5-6-12(11)16)17-13(18)9-3-1-2-4-10(9)14(19)20/h1-2,5-7,9-10H,3-4H2,(H,17,18)(H,19,20)/p-1/t9-,10-/m1/s1. The number of amides is 1. The second-order valence-electron chi connectivity index (χ2n) is 4.59. The maximum Gasteiger partial charge on any atom is 0.228 e. The van der Waals surface area contributed by atoms with E-state index in [2.05, 4.69) is 5.32 Å². The molecule has 6 heteroatoms. The maximum atomic E-state index is 13.0. The normalized spacial score (nSPS) is 21.5. The van der Waals surface area contributed by atoms with Gasteiger partial charge in [0.15, 0.2) is 0 Å². The van der Waals surface area contributed by atoms with E-state index in [-0.39, 0.29) is 11.4 Å². The average molecular weight is 297 g/mol. The molecule has 2 atom stereocenters. The number of carboxylic acid groups (broad SMARTS) is 1. The lowest BCUT2D eigenvalue weighted by Crippen LogP contribution is -2.41. The molecule has 1 aliphatic carbocycles. The topological polar surface area (TPSA) is 69.2 Å². The molecule has 0 unspecified atom stereocenters. The minimum atomic E-state index is -1.24. The van der Waals surface area contributed by atoms with Crippen LogP contribution in [-0.2, 0) is 9.59 Å². The molecule has 0 aromatic heterocycles. The largest absolute Gasteiger partial charge is 0.550 e. The zero-order chi connectivity index (χ0) is 14.7. The number of carboxylic acids is 1. The quantitative estimate of drug-likeness (QED) is 0.864. The lowest BCUT2D eigenvalue weighted by Gasteiger charge is -2.28. The second-order valence-corrected chi connectivity index (χ2v) is 5.00. The molecule has 1 amide bonds. The van der Waals surface area contributed by atoms with Gasteiger partial charge in [-0.05, 0) is 31.0 Å². The smallest absolute Gasteiger partial charge is 0.228 e. The van der Waals surface area contributed by atoms with E-state index in [9.17, 15) is 19.1 Å². The summed E-state index contributed by atoms with van der Waals surface area (Å²) in [5.41, 5.74) is 0.327. The van der Waals surface area contributed by atoms with Gasteiger partial charge >= 0.3 is 0 Å². The van der Waals surface area contributed by atoms with Crippen molar-refractivity contribution in [3.8, 4) is 0 Å². The van der Waals surface area contributed by atoms with Gasteiger partial charge in [0.25, 0.3) is 0 Å². The molecule has 1 aliphatic rings. The van der Waals surface area contributed by atoms with Crippen LogP contribution < -0.4 is 10.4 Å². The fourth-order valence-electron chi connectivity index (χ4n) is 2.17. The first-order valence-corrected chi connectivity index (χ1v) is 6.48. The predicted molar refractivity (Wildman–Crippen MR) is 70.4 cm³/mol. The van der Waals surface area contributed by atoms with Crippen molar-refractivity contribution in [2.45, 2.75) is 12.8 Å². The Kier molecular flexibility index (Phi) is 4.39. The Bertz CT molecular complexity index is 574. The Hall–Kier alpha value is -1.88. The summed E-state index contributed by atoms with van der Waals surface area (Å²) in [4.78, 5) is 23.1. The molecule has 0 heterocycles. The number of halogens is 2. The molecule has 2 rings (SSSR count). The van der Waals surface area contributed by atoms with Crippen molar-refractivity contribution in [2.24, 2.45) is 11.8 Å². The van der Waals surface area contributed by atoms with E-state index in [1.807, 2.05) is 0 Å². The summed E-state index contributed by atoms with van der Waals surface area (Å²) in [6, 6.07) is 3.78. The number of carbonyl (C=O) groups is 2. The van der Waals surface area contributed by atoms with E-state index in [1.165, 1.54) is 12.1 Å². The van der Waals surface area contributed by atoms with E-state index in [4.69, 9.17) is 11.6 Å². The highest BCUT2D eigenvalue weighted by molar-refractivity contribution is 6.31. The minimum Gasteiger partial charge on any atom is -0.550 e. The summed E-state index contributed by atoms with van der Waals surface area (Å²) in [6.45, 7) is 0. The molecule has 1 aromatic rings. The van der Waals surface area contributed by atoms with Crippen LogP contribution in [0.5, 0.6) is 0 Å². The molecule has 0 radical (unpaired) electrons. The van der Waals surface area contributed by atoms with Gasteiger partial charge in [0.1, 0.15) is 5.82 Å². The van der Waals surface area contributed by atoms with Gasteiger partial charge < -0.3 is 15.2 Å². The average Bonchev–Trinajstić information content (AvgIpc) is 2.43. The van der Waals surface area contributed by atoms with Crippen LogP contribution in [0.1, 0.15) is 12.8 Å². The first-order chi connectivity index (χ1) is 9.49. The van der Waals surface area contributed by atoms with E-state index in [0.29, 0.717) is 12.1 Å². The Balaban J connectivity index is 2.12. The van der Waals surface area contributed by atoms with Gasteiger partial charge in [0.05, 0.1) is 10.9 Å². The fraction of sp³-hybridized carbons (Fsp3) is 0.286. The third-order valence-corrected chi connectivity index (χ3v) is 3.55. The van der Waals surface area contributed by atoms with Crippen LogP contribution in [0.3, 0.4) is 0 Å². The molecule has 0 saturated carbocycles. The number of rotatable bonds is 3. The highest BCUT2D eigenvalue weighted by atomic mass is 35.5. The van der Waals surface area contributed by atoms with Crippen molar-refractivity contribution in [3.05, 3.63) is 41.2 Å². The minimum absolute atomic E-state index is 0.109. The van der Waals surface area contributed by atoms with Crippen LogP contribution in [0.15, 0.2) is 30.4 Å². The molecule has 0 aliphatic heterocycles. The van der Waals surface area contributed by atoms with Gasteiger partial charge in [-0.3, -0.25) is 4.79 Å². The number of allylic oxidation sites excluding steroid dienone is 2. The fourth-order valence-corrected chi connectivity index (χ4v) is 2.35. The van der Waals surface area contributed by atoms with Gasteiger partial charge in [-0.15, -0.1) is 0 Å². The molecular weight excluding hydrogens is 285 g/mol. The van der Waals surface area contributed by atoms with Crippen LogP contribution in [0.2, 0.25) is 5.02 Å². The van der Waals surface area contributed by atoms with Crippen molar-refractivity contribution < 1.29 is 19.1 Å². The van der Waals surface area contributed by atoms with Crippen LogP contribution in [0.25, 0.3) is 0 Å². The summed E-state index contributed by atoms with van der Waals surface area (Å²) >= 11 is 5.62. The van der Waals surface area contributed by atoms with Crippen molar-refractivity contribution in [1.82, 2.24) is 0 Å². The monoisotopic (exact) mass is 296 g/mol. The molecule has 1 aromatic carbocycles. The Morgan fingerprint density at radius 2 is 1.90 bits per heavy atom. The van der Waals surface area contributed by atoms with Crippen LogP contribution in [0.4, 0.5) is 10.1 Å². The van der Waals surface area contributed by atoms with Gasteiger partial charge in [0.2, 0.25) is 5.91 Å². The van der Waals surface area contributed by atoms with E-state index in [0.717, 1.165) is 6.07 Å². The van der Waals surface area contributed by atoms with E-state index < -0.39 is 29.5 Å². The number of benzene rings is 1. The molecule has 4 nitrogen and oxygen atoms in total. The van der Waals surface area contributed by atoms with E-state index >= 15 is 0 Å². The first kappa shape index (κ1) is 14.5. The van der Waals surface area contributed by atoms with Crippen LogP contribution in [-0.4, -0.2) is 11.9 Å². The molecule has 0 saturated heterocycles. The summed E-state index contributed by atoms with van der Waals surface area (Å²) in [6.07, 6.45) is 4.09. The Morgan fingerprint density at radius 1 is 1.25 bits per heavy atom. The molecule has 0 spiro atoms. The summed E-state index contributed by atoms with van der Waals surface area (Å²) < 4.78 is 13.0. The van der Waals surface area contributed by atoms with Crippen molar-refractivity contribution >= 4 is 29.2 Å². The third-order valence-electron chi connectivity index (χ3n) is 3.26. The maximum absolute atomic E-state index is 13.0. The molecule has 0 fully saturated rings. The second kappa shape index (κ2) is 6.05. The highest BCUT2D eigenvalue weighted by Gasteiger charge is 2.29. The lowest BCUT2D eigenvalue weighted by atomic mass is 9.82. The predicted octanol–water partition coefficient (Wildman–Crippen LogP) is 1.75. The summed E-state index contributed by atoms with van der Waals surface area (Å²) in [7, 11) is 0. The number of hydrogen-bond acceptors (Lipinski definition) is 3. The zero-order valence-electron chi connectivity index (χ0n) is 10.4. The number of carbonyl (C=O) groups excluding carboxylic acids is 2. The highest BCUT2D eigenvalue weighted by Crippen LogP contribution is 2.27. The summed E-state index contributed by atoms with van der Waals surface area (Å²) in [5.74, 6) is -3.82. The number of nitrogens with one attached hydrogen (secondary N) is 1. The zero-order valence-corrected chi connectivity index (χ0v) is 11.2.